The number of nitrogens with one attached hydrogen (secondary N) is 1. The molecule has 1 aromatic rings. The van der Waals surface area contributed by atoms with E-state index in [1.54, 1.807) is 0 Å². The molecule has 0 amide bonds. The zero-order chi connectivity index (χ0) is 13.5. The van der Waals surface area contributed by atoms with Gasteiger partial charge >= 0.3 is 0 Å². The number of alkyl halides is 1. The smallest absolute Gasteiger partial charge is 0.0762 e. The van der Waals surface area contributed by atoms with Gasteiger partial charge in [-0.3, -0.25) is 4.68 Å². The van der Waals surface area contributed by atoms with Gasteiger partial charge in [-0.05, 0) is 31.7 Å². The summed E-state index contributed by atoms with van der Waals surface area (Å²) in [7, 11) is 0. The molecule has 1 aromatic heterocycles. The lowest BCUT2D eigenvalue weighted by atomic mass is 10.1. The summed E-state index contributed by atoms with van der Waals surface area (Å²) >= 11 is 3.52. The predicted molar refractivity (Wildman–Crippen MR) is 81.1 cm³/mol. The molecule has 2 unspecified atom stereocenters. The van der Waals surface area contributed by atoms with Crippen LogP contribution in [0.1, 0.15) is 52.3 Å². The average molecular weight is 316 g/mol. The van der Waals surface area contributed by atoms with Gasteiger partial charge in [0.2, 0.25) is 0 Å². The molecule has 0 aliphatic rings. The van der Waals surface area contributed by atoms with Crippen molar-refractivity contribution in [3.8, 4) is 0 Å². The van der Waals surface area contributed by atoms with Gasteiger partial charge in [0, 0.05) is 24.1 Å². The van der Waals surface area contributed by atoms with E-state index in [-0.39, 0.29) is 0 Å². The van der Waals surface area contributed by atoms with Crippen molar-refractivity contribution in [1.29, 1.82) is 0 Å². The zero-order valence-electron chi connectivity index (χ0n) is 12.0. The van der Waals surface area contributed by atoms with Crippen LogP contribution in [0.25, 0.3) is 0 Å². The first-order valence-corrected chi connectivity index (χ1v) is 8.07. The Morgan fingerprint density at radius 3 is 2.56 bits per heavy atom. The van der Waals surface area contributed by atoms with E-state index < -0.39 is 0 Å². The van der Waals surface area contributed by atoms with Crippen LogP contribution in [0.3, 0.4) is 0 Å². The fraction of sp³-hybridized carbons (Fsp3) is 0.786. The summed E-state index contributed by atoms with van der Waals surface area (Å²) in [5.41, 5.74) is 1.13. The number of hydrogen-bond donors (Lipinski definition) is 1. The standard InChI is InChI=1S/C14H26BrN3/c1-5-14(6-2)18-8-7-13(17-18)10-16-12(4)11(3)9-15/h7-8,11-12,14,16H,5-6,9-10H2,1-4H3. The van der Waals surface area contributed by atoms with Crippen molar-refractivity contribution in [2.24, 2.45) is 5.92 Å². The predicted octanol–water partition coefficient (Wildman–Crippen LogP) is 3.75. The lowest BCUT2D eigenvalue weighted by molar-refractivity contribution is 0.411. The second kappa shape index (κ2) is 7.95. The van der Waals surface area contributed by atoms with Gasteiger partial charge in [0.05, 0.1) is 11.7 Å². The average Bonchev–Trinajstić information content (AvgIpc) is 2.85. The van der Waals surface area contributed by atoms with Gasteiger partial charge in [0.25, 0.3) is 0 Å². The highest BCUT2D eigenvalue weighted by Gasteiger charge is 2.11. The van der Waals surface area contributed by atoms with E-state index in [9.17, 15) is 0 Å². The lowest BCUT2D eigenvalue weighted by Crippen LogP contribution is -2.32. The maximum absolute atomic E-state index is 4.65. The molecule has 2 atom stereocenters. The first-order chi connectivity index (χ1) is 8.62. The van der Waals surface area contributed by atoms with E-state index in [2.05, 4.69) is 71.0 Å². The molecule has 1 rings (SSSR count). The molecule has 0 spiro atoms. The molecule has 0 saturated heterocycles. The maximum atomic E-state index is 4.65. The molecular weight excluding hydrogens is 290 g/mol. The first kappa shape index (κ1) is 15.7. The third-order valence-electron chi connectivity index (χ3n) is 3.68. The molecule has 3 nitrogen and oxygen atoms in total. The topological polar surface area (TPSA) is 29.9 Å². The lowest BCUT2D eigenvalue weighted by Gasteiger charge is -2.18. The Hall–Kier alpha value is -0.350. The normalized spacial score (nSPS) is 15.0. The first-order valence-electron chi connectivity index (χ1n) is 6.95. The third-order valence-corrected chi connectivity index (χ3v) is 4.70. The molecule has 4 heteroatoms. The number of rotatable bonds is 8. The molecule has 0 aliphatic heterocycles. The second-order valence-corrected chi connectivity index (χ2v) is 5.71. The molecule has 0 aliphatic carbocycles. The zero-order valence-corrected chi connectivity index (χ0v) is 13.6. The second-order valence-electron chi connectivity index (χ2n) is 5.06. The highest BCUT2D eigenvalue weighted by atomic mass is 79.9. The fourth-order valence-corrected chi connectivity index (χ4v) is 2.50. The minimum Gasteiger partial charge on any atom is -0.308 e. The van der Waals surface area contributed by atoms with Crippen molar-refractivity contribution >= 4 is 15.9 Å². The summed E-state index contributed by atoms with van der Waals surface area (Å²) in [5.74, 6) is 0.631. The molecule has 0 fully saturated rings. The van der Waals surface area contributed by atoms with Crippen molar-refractivity contribution in [3.05, 3.63) is 18.0 Å². The van der Waals surface area contributed by atoms with Crippen LogP contribution < -0.4 is 5.32 Å². The fourth-order valence-electron chi connectivity index (χ4n) is 1.94. The van der Waals surface area contributed by atoms with E-state index in [0.29, 0.717) is 18.0 Å². The van der Waals surface area contributed by atoms with Gasteiger partial charge < -0.3 is 5.32 Å². The Balaban J connectivity index is 2.49. The molecule has 104 valence electrons. The molecule has 1 N–H and O–H groups in total. The van der Waals surface area contributed by atoms with Gasteiger partial charge in [-0.2, -0.15) is 5.10 Å². The summed E-state index contributed by atoms with van der Waals surface area (Å²) in [6.07, 6.45) is 4.39. The Labute approximate surface area is 119 Å². The molecular formula is C14H26BrN3. The summed E-state index contributed by atoms with van der Waals surface area (Å²) in [6.45, 7) is 9.76. The van der Waals surface area contributed by atoms with Gasteiger partial charge in [0.1, 0.15) is 0 Å². The monoisotopic (exact) mass is 315 g/mol. The van der Waals surface area contributed by atoms with Crippen LogP contribution in [-0.2, 0) is 6.54 Å². The minimum atomic E-state index is 0.502. The summed E-state index contributed by atoms with van der Waals surface area (Å²) in [5, 5.41) is 9.21. The van der Waals surface area contributed by atoms with Gasteiger partial charge in [0.15, 0.2) is 0 Å². The van der Waals surface area contributed by atoms with Crippen LogP contribution in [0.15, 0.2) is 12.3 Å². The minimum absolute atomic E-state index is 0.502. The molecule has 1 heterocycles. The number of nitrogens with zero attached hydrogens (tertiary/aromatic N) is 2. The van der Waals surface area contributed by atoms with Crippen LogP contribution in [0.2, 0.25) is 0 Å². The van der Waals surface area contributed by atoms with Crippen molar-refractivity contribution in [2.75, 3.05) is 5.33 Å². The van der Waals surface area contributed by atoms with Crippen molar-refractivity contribution in [1.82, 2.24) is 15.1 Å². The van der Waals surface area contributed by atoms with Crippen molar-refractivity contribution in [3.63, 3.8) is 0 Å². The largest absolute Gasteiger partial charge is 0.308 e. The third kappa shape index (κ3) is 4.39. The SMILES string of the molecule is CCC(CC)n1ccc(CNC(C)C(C)CBr)n1. The van der Waals surface area contributed by atoms with Gasteiger partial charge in [-0.25, -0.2) is 0 Å². The van der Waals surface area contributed by atoms with Crippen molar-refractivity contribution in [2.45, 2.75) is 59.2 Å². The Morgan fingerprint density at radius 2 is 2.00 bits per heavy atom. The molecule has 0 aromatic carbocycles. The number of aromatic nitrogens is 2. The van der Waals surface area contributed by atoms with E-state index in [1.807, 2.05) is 0 Å². The van der Waals surface area contributed by atoms with Crippen LogP contribution in [0.5, 0.6) is 0 Å². The summed E-state index contributed by atoms with van der Waals surface area (Å²) in [6, 6.07) is 3.16. The van der Waals surface area contributed by atoms with E-state index in [4.69, 9.17) is 0 Å². The Kier molecular flexibility index (Phi) is 6.94. The molecule has 0 bridgehead atoms. The quantitative estimate of drug-likeness (QED) is 0.740. The van der Waals surface area contributed by atoms with Crippen molar-refractivity contribution < 1.29 is 0 Å². The number of halogens is 1. The number of hydrogen-bond acceptors (Lipinski definition) is 2. The summed E-state index contributed by atoms with van der Waals surface area (Å²) < 4.78 is 2.11. The van der Waals surface area contributed by atoms with Crippen LogP contribution >= 0.6 is 15.9 Å². The highest BCUT2D eigenvalue weighted by Crippen LogP contribution is 2.14. The van der Waals surface area contributed by atoms with Gasteiger partial charge in [-0.1, -0.05) is 36.7 Å². The summed E-state index contributed by atoms with van der Waals surface area (Å²) in [4.78, 5) is 0. The van der Waals surface area contributed by atoms with E-state index >= 15 is 0 Å². The van der Waals surface area contributed by atoms with E-state index in [0.717, 1.165) is 30.4 Å². The Morgan fingerprint density at radius 1 is 1.33 bits per heavy atom. The molecule has 18 heavy (non-hydrogen) atoms. The highest BCUT2D eigenvalue weighted by molar-refractivity contribution is 9.09. The molecule has 0 saturated carbocycles. The maximum Gasteiger partial charge on any atom is 0.0762 e. The van der Waals surface area contributed by atoms with Gasteiger partial charge in [-0.15, -0.1) is 0 Å². The van der Waals surface area contributed by atoms with E-state index in [1.165, 1.54) is 0 Å². The van der Waals surface area contributed by atoms with Crippen LogP contribution in [0.4, 0.5) is 0 Å². The van der Waals surface area contributed by atoms with Crippen LogP contribution in [0, 0.1) is 5.92 Å². The van der Waals surface area contributed by atoms with Crippen LogP contribution in [-0.4, -0.2) is 21.2 Å². The molecule has 0 radical (unpaired) electrons. The Bertz CT molecular complexity index is 334.